The molecule has 0 aliphatic heterocycles. The molecule has 0 aliphatic carbocycles. The van der Waals surface area contributed by atoms with Crippen molar-refractivity contribution in [2.45, 2.75) is 18.7 Å². The van der Waals surface area contributed by atoms with E-state index in [1.165, 1.54) is 0 Å². The van der Waals surface area contributed by atoms with Gasteiger partial charge >= 0.3 is 0 Å². The molecule has 0 bridgehead atoms. The Morgan fingerprint density at radius 1 is 1.00 bits per heavy atom. The van der Waals surface area contributed by atoms with E-state index in [0.29, 0.717) is 11.1 Å². The molecule has 0 fully saturated rings. The van der Waals surface area contributed by atoms with Crippen LogP contribution in [0.3, 0.4) is 0 Å². The third-order valence-electron chi connectivity index (χ3n) is 1.66. The average Bonchev–Trinajstić information content (AvgIpc) is 1.96. The molecule has 98 valence electrons. The molecule has 0 atom stereocenters. The third-order valence-corrected chi connectivity index (χ3v) is 2.80. The fraction of sp³-hybridized carbons (Fsp3) is 0.500. The van der Waals surface area contributed by atoms with Gasteiger partial charge in [-0.15, -0.1) is 0 Å². The second-order valence-electron chi connectivity index (χ2n) is 5.36. The van der Waals surface area contributed by atoms with E-state index in [1.54, 1.807) is 32.0 Å². The third kappa shape index (κ3) is 7.10. The molecule has 0 aliphatic rings. The van der Waals surface area contributed by atoms with E-state index in [2.05, 4.69) is 28.2 Å². The second-order valence-corrected chi connectivity index (χ2v) is 6.67. The minimum atomic E-state index is -4.31. The van der Waals surface area contributed by atoms with E-state index in [-0.39, 0.29) is 4.90 Å². The summed E-state index contributed by atoms with van der Waals surface area (Å²) < 4.78 is 33.2. The second kappa shape index (κ2) is 5.62. The number of hydrogen-bond donors (Lipinski definition) is 0. The Morgan fingerprint density at radius 3 is 1.47 bits per heavy atom. The molecule has 5 heteroatoms. The van der Waals surface area contributed by atoms with E-state index in [9.17, 15) is 13.0 Å². The monoisotopic (exact) mass is 259 g/mol. The van der Waals surface area contributed by atoms with E-state index >= 15 is 0 Å². The lowest BCUT2D eigenvalue weighted by Crippen LogP contribution is -2.27. The van der Waals surface area contributed by atoms with E-state index in [4.69, 9.17) is 0 Å². The van der Waals surface area contributed by atoms with Gasteiger partial charge in [0.15, 0.2) is 0 Å². The molecule has 17 heavy (non-hydrogen) atoms. The maximum absolute atomic E-state index is 10.7. The molecule has 4 nitrogen and oxygen atoms in total. The van der Waals surface area contributed by atoms with Crippen LogP contribution in [-0.2, 0) is 10.1 Å². The predicted molar refractivity (Wildman–Crippen MR) is 67.8 cm³/mol. The summed E-state index contributed by atoms with van der Waals surface area (Å²) in [6.07, 6.45) is 0. The van der Waals surface area contributed by atoms with Crippen LogP contribution in [0.2, 0.25) is 0 Å². The van der Waals surface area contributed by atoms with Crippen LogP contribution in [0.15, 0.2) is 23.1 Å². The smallest absolute Gasteiger partial charge is 0.124 e. The Bertz CT molecular complexity index is 447. The molecular formula is C12H21NO3S. The first-order valence-corrected chi connectivity index (χ1v) is 6.65. The highest BCUT2D eigenvalue weighted by Gasteiger charge is 2.07. The van der Waals surface area contributed by atoms with Crippen LogP contribution in [0, 0.1) is 13.8 Å². The Morgan fingerprint density at radius 2 is 1.29 bits per heavy atom. The summed E-state index contributed by atoms with van der Waals surface area (Å²) in [6, 6.07) is 4.94. The summed E-state index contributed by atoms with van der Waals surface area (Å²) in [5, 5.41) is 0. The standard InChI is InChI=1S/C8H10O3S.C4H12N/c1-6-4-3-5-7(2)8(6)12(9,10)11;1-5(2,3)4/h3-5H,1-2H3,(H,9,10,11);1-4H3/q;+1/p-1. The first-order valence-electron chi connectivity index (χ1n) is 5.24. The highest BCUT2D eigenvalue weighted by molar-refractivity contribution is 7.85. The molecular weight excluding hydrogens is 238 g/mol. The molecule has 1 aromatic carbocycles. The van der Waals surface area contributed by atoms with Crippen molar-refractivity contribution in [1.82, 2.24) is 0 Å². The number of hydrogen-bond acceptors (Lipinski definition) is 3. The van der Waals surface area contributed by atoms with Crippen molar-refractivity contribution in [2.75, 3.05) is 28.2 Å². The van der Waals surface area contributed by atoms with Gasteiger partial charge in [0.1, 0.15) is 10.1 Å². The number of nitrogens with zero attached hydrogens (tertiary/aromatic N) is 1. The van der Waals surface area contributed by atoms with Gasteiger partial charge in [-0.2, -0.15) is 0 Å². The number of rotatable bonds is 1. The van der Waals surface area contributed by atoms with Crippen LogP contribution < -0.4 is 0 Å². The Kier molecular flexibility index (Phi) is 5.32. The normalized spacial score (nSPS) is 11.7. The predicted octanol–water partition coefficient (Wildman–Crippen LogP) is 1.53. The van der Waals surface area contributed by atoms with Crippen molar-refractivity contribution in [3.05, 3.63) is 29.3 Å². The number of aryl methyl sites for hydroxylation is 2. The minimum absolute atomic E-state index is 0.0926. The van der Waals surface area contributed by atoms with Crippen LogP contribution in [0.25, 0.3) is 0 Å². The zero-order valence-electron chi connectivity index (χ0n) is 11.3. The lowest BCUT2D eigenvalue weighted by Gasteiger charge is -2.14. The van der Waals surface area contributed by atoms with Crippen LogP contribution in [0.1, 0.15) is 11.1 Å². The number of benzene rings is 1. The average molecular weight is 259 g/mol. The van der Waals surface area contributed by atoms with Crippen molar-refractivity contribution in [3.63, 3.8) is 0 Å². The van der Waals surface area contributed by atoms with Crippen molar-refractivity contribution >= 4 is 10.1 Å². The summed E-state index contributed by atoms with van der Waals surface area (Å²) >= 11 is 0. The highest BCUT2D eigenvalue weighted by atomic mass is 32.2. The number of quaternary nitrogens is 1. The molecule has 0 aromatic heterocycles. The van der Waals surface area contributed by atoms with Crippen molar-refractivity contribution < 1.29 is 17.5 Å². The van der Waals surface area contributed by atoms with Gasteiger partial charge in [0.25, 0.3) is 0 Å². The maximum atomic E-state index is 10.7. The zero-order chi connectivity index (χ0) is 13.9. The minimum Gasteiger partial charge on any atom is -0.744 e. The Hall–Kier alpha value is -0.910. The van der Waals surface area contributed by atoms with Crippen LogP contribution >= 0.6 is 0 Å². The van der Waals surface area contributed by atoms with Gasteiger partial charge in [-0.1, -0.05) is 18.2 Å². The molecule has 0 spiro atoms. The van der Waals surface area contributed by atoms with Gasteiger partial charge in [0.05, 0.1) is 33.1 Å². The maximum Gasteiger partial charge on any atom is 0.124 e. The lowest BCUT2D eigenvalue weighted by molar-refractivity contribution is -0.849. The first-order chi connectivity index (χ1) is 7.43. The van der Waals surface area contributed by atoms with Gasteiger partial charge in [-0.05, 0) is 25.0 Å². The van der Waals surface area contributed by atoms with E-state index < -0.39 is 10.1 Å². The summed E-state index contributed by atoms with van der Waals surface area (Å²) in [5.41, 5.74) is 1.01. The molecule has 0 saturated carbocycles. The summed E-state index contributed by atoms with van der Waals surface area (Å²) in [7, 11) is 4.19. The fourth-order valence-electron chi connectivity index (χ4n) is 1.19. The highest BCUT2D eigenvalue weighted by Crippen LogP contribution is 2.18. The molecule has 0 radical (unpaired) electrons. The summed E-state index contributed by atoms with van der Waals surface area (Å²) in [6.45, 7) is 3.22. The van der Waals surface area contributed by atoms with Crippen LogP contribution in [-0.4, -0.2) is 45.6 Å². The van der Waals surface area contributed by atoms with Gasteiger partial charge in [0.2, 0.25) is 0 Å². The van der Waals surface area contributed by atoms with Crippen molar-refractivity contribution in [3.8, 4) is 0 Å². The quantitative estimate of drug-likeness (QED) is 0.567. The lowest BCUT2D eigenvalue weighted by atomic mass is 10.2. The van der Waals surface area contributed by atoms with Gasteiger partial charge in [-0.3, -0.25) is 0 Å². The topological polar surface area (TPSA) is 57.2 Å². The van der Waals surface area contributed by atoms with Crippen molar-refractivity contribution in [1.29, 1.82) is 0 Å². The molecule has 0 saturated heterocycles. The molecule has 0 amide bonds. The van der Waals surface area contributed by atoms with Gasteiger partial charge < -0.3 is 9.04 Å². The summed E-state index contributed by atoms with van der Waals surface area (Å²) in [4.78, 5) is -0.0926. The van der Waals surface area contributed by atoms with Crippen LogP contribution in [0.5, 0.6) is 0 Å². The SMILES string of the molecule is C[N+](C)(C)C.Cc1cccc(C)c1S(=O)(=O)[O-]. The molecule has 0 heterocycles. The first kappa shape index (κ1) is 16.1. The van der Waals surface area contributed by atoms with Crippen LogP contribution in [0.4, 0.5) is 0 Å². The molecule has 1 rings (SSSR count). The Labute approximate surface area is 104 Å². The molecule has 1 aromatic rings. The van der Waals surface area contributed by atoms with E-state index in [0.717, 1.165) is 4.48 Å². The van der Waals surface area contributed by atoms with E-state index in [1.807, 2.05) is 0 Å². The molecule has 0 unspecified atom stereocenters. The van der Waals surface area contributed by atoms with Gasteiger partial charge in [0, 0.05) is 0 Å². The largest absolute Gasteiger partial charge is 0.744 e. The fourth-order valence-corrected chi connectivity index (χ4v) is 2.12. The van der Waals surface area contributed by atoms with Crippen molar-refractivity contribution in [2.24, 2.45) is 0 Å². The molecule has 0 N–H and O–H groups in total. The van der Waals surface area contributed by atoms with Gasteiger partial charge in [-0.25, -0.2) is 8.42 Å². The summed E-state index contributed by atoms with van der Waals surface area (Å²) in [5.74, 6) is 0. The Balaban J connectivity index is 0.000000437. The zero-order valence-corrected chi connectivity index (χ0v) is 12.1.